The number of hydrogen-bond acceptors (Lipinski definition) is 5. The Labute approximate surface area is 118 Å². The Kier molecular flexibility index (Phi) is 5.49. The van der Waals surface area contributed by atoms with Crippen molar-refractivity contribution in [2.24, 2.45) is 5.73 Å². The molecule has 0 unspecified atom stereocenters. The summed E-state index contributed by atoms with van der Waals surface area (Å²) in [5, 5.41) is 0. The lowest BCUT2D eigenvalue weighted by Crippen LogP contribution is -2.29. The summed E-state index contributed by atoms with van der Waals surface area (Å²) in [7, 11) is -3.66. The van der Waals surface area contributed by atoms with Crippen LogP contribution in [0.25, 0.3) is 0 Å². The summed E-state index contributed by atoms with van der Waals surface area (Å²) in [6.45, 7) is 3.28. The molecular weight excluding hydrogens is 282 g/mol. The van der Waals surface area contributed by atoms with Gasteiger partial charge in [-0.25, -0.2) is 13.1 Å². The fourth-order valence-electron chi connectivity index (χ4n) is 1.63. The van der Waals surface area contributed by atoms with E-state index in [1.807, 2.05) is 0 Å². The van der Waals surface area contributed by atoms with Crippen LogP contribution in [0, 0.1) is 13.8 Å². The van der Waals surface area contributed by atoms with Gasteiger partial charge in [0.05, 0.1) is 11.5 Å². The highest BCUT2D eigenvalue weighted by atomic mass is 32.2. The largest absolute Gasteiger partial charge is 0.398 e. The standard InChI is InChI=1S/C12H19N3O4S/c1-8-5-10(13)9(2)11(6-8)20(17,18)15-3-4-19-7-12(14)16/h5-6,15H,3-4,7,13H2,1-2H3,(H2,14,16). The van der Waals surface area contributed by atoms with Gasteiger partial charge in [0.2, 0.25) is 15.9 Å². The second-order valence-electron chi connectivity index (χ2n) is 4.39. The number of anilines is 1. The van der Waals surface area contributed by atoms with Crippen molar-refractivity contribution in [3.63, 3.8) is 0 Å². The lowest BCUT2D eigenvalue weighted by molar-refractivity contribution is -0.122. The molecule has 1 aromatic rings. The quantitative estimate of drug-likeness (QED) is 0.469. The number of aryl methyl sites for hydroxylation is 1. The van der Waals surface area contributed by atoms with E-state index in [-0.39, 0.29) is 24.7 Å². The number of carbonyl (C=O) groups excluding carboxylic acids is 1. The van der Waals surface area contributed by atoms with E-state index in [2.05, 4.69) is 4.72 Å². The van der Waals surface area contributed by atoms with Crippen molar-refractivity contribution in [1.29, 1.82) is 0 Å². The molecule has 0 aliphatic rings. The lowest BCUT2D eigenvalue weighted by Gasteiger charge is -2.12. The van der Waals surface area contributed by atoms with Gasteiger partial charge >= 0.3 is 0 Å². The molecule has 8 heteroatoms. The highest BCUT2D eigenvalue weighted by Gasteiger charge is 2.18. The minimum Gasteiger partial charge on any atom is -0.398 e. The first-order valence-corrected chi connectivity index (χ1v) is 7.45. The molecule has 0 bridgehead atoms. The van der Waals surface area contributed by atoms with Gasteiger partial charge in [-0.1, -0.05) is 0 Å². The normalized spacial score (nSPS) is 11.5. The summed E-state index contributed by atoms with van der Waals surface area (Å²) in [5.74, 6) is -0.602. The number of nitrogens with one attached hydrogen (secondary N) is 1. The first-order valence-electron chi connectivity index (χ1n) is 5.96. The molecule has 20 heavy (non-hydrogen) atoms. The number of nitrogen functional groups attached to an aromatic ring is 1. The van der Waals surface area contributed by atoms with Crippen LogP contribution in [0.4, 0.5) is 5.69 Å². The number of rotatable bonds is 7. The van der Waals surface area contributed by atoms with Crippen molar-refractivity contribution < 1.29 is 17.9 Å². The third-order valence-corrected chi connectivity index (χ3v) is 4.20. The topological polar surface area (TPSA) is 125 Å². The molecule has 1 aromatic carbocycles. The van der Waals surface area contributed by atoms with Crippen molar-refractivity contribution in [2.45, 2.75) is 18.7 Å². The number of carbonyl (C=O) groups is 1. The molecule has 0 atom stereocenters. The number of ether oxygens (including phenoxy) is 1. The highest BCUT2D eigenvalue weighted by molar-refractivity contribution is 7.89. The van der Waals surface area contributed by atoms with Crippen molar-refractivity contribution in [3.8, 4) is 0 Å². The second kappa shape index (κ2) is 6.69. The van der Waals surface area contributed by atoms with Gasteiger partial charge in [-0.15, -0.1) is 0 Å². The first-order chi connectivity index (χ1) is 9.24. The van der Waals surface area contributed by atoms with Crippen LogP contribution in [0.15, 0.2) is 17.0 Å². The lowest BCUT2D eigenvalue weighted by atomic mass is 10.1. The van der Waals surface area contributed by atoms with E-state index in [9.17, 15) is 13.2 Å². The summed E-state index contributed by atoms with van der Waals surface area (Å²) >= 11 is 0. The zero-order valence-electron chi connectivity index (χ0n) is 11.5. The van der Waals surface area contributed by atoms with E-state index in [1.165, 1.54) is 0 Å². The van der Waals surface area contributed by atoms with Crippen LogP contribution in [-0.4, -0.2) is 34.1 Å². The van der Waals surface area contributed by atoms with Crippen LogP contribution in [0.3, 0.4) is 0 Å². The zero-order chi connectivity index (χ0) is 15.3. The average Bonchev–Trinajstić information content (AvgIpc) is 2.32. The molecule has 0 saturated carbocycles. The number of amides is 1. The van der Waals surface area contributed by atoms with Crippen molar-refractivity contribution in [2.75, 3.05) is 25.5 Å². The molecule has 0 aliphatic heterocycles. The maximum absolute atomic E-state index is 12.1. The molecule has 5 N–H and O–H groups in total. The second-order valence-corrected chi connectivity index (χ2v) is 6.13. The van der Waals surface area contributed by atoms with Gasteiger partial charge in [0.25, 0.3) is 0 Å². The van der Waals surface area contributed by atoms with E-state index in [0.29, 0.717) is 11.3 Å². The number of hydrogen-bond donors (Lipinski definition) is 3. The molecule has 1 rings (SSSR count). The van der Waals surface area contributed by atoms with Crippen molar-refractivity contribution in [1.82, 2.24) is 4.72 Å². The minimum absolute atomic E-state index is 0.0445. The van der Waals surface area contributed by atoms with Gasteiger partial charge in [0.1, 0.15) is 6.61 Å². The molecule has 0 fully saturated rings. The van der Waals surface area contributed by atoms with E-state index >= 15 is 0 Å². The molecule has 0 spiro atoms. The number of primary amides is 1. The molecule has 0 radical (unpaired) electrons. The molecule has 0 aromatic heterocycles. The van der Waals surface area contributed by atoms with Crippen LogP contribution in [0.5, 0.6) is 0 Å². The summed E-state index contributed by atoms with van der Waals surface area (Å²) in [6, 6.07) is 3.27. The number of benzene rings is 1. The Morgan fingerprint density at radius 1 is 1.35 bits per heavy atom. The van der Waals surface area contributed by atoms with E-state index in [0.717, 1.165) is 5.56 Å². The fraction of sp³-hybridized carbons (Fsp3) is 0.417. The van der Waals surface area contributed by atoms with Gasteiger partial charge < -0.3 is 16.2 Å². The van der Waals surface area contributed by atoms with E-state index in [1.54, 1.807) is 26.0 Å². The first kappa shape index (κ1) is 16.4. The van der Waals surface area contributed by atoms with Gasteiger partial charge in [-0.3, -0.25) is 4.79 Å². The molecular formula is C12H19N3O4S. The molecule has 0 saturated heterocycles. The Morgan fingerprint density at radius 2 is 2.00 bits per heavy atom. The van der Waals surface area contributed by atoms with Crippen LogP contribution in [0.2, 0.25) is 0 Å². The highest BCUT2D eigenvalue weighted by Crippen LogP contribution is 2.22. The number of sulfonamides is 1. The molecule has 0 heterocycles. The van der Waals surface area contributed by atoms with E-state index < -0.39 is 15.9 Å². The Morgan fingerprint density at radius 3 is 2.60 bits per heavy atom. The van der Waals surface area contributed by atoms with Crippen molar-refractivity contribution in [3.05, 3.63) is 23.3 Å². The Bertz CT molecular complexity index is 599. The van der Waals surface area contributed by atoms with Gasteiger partial charge in [0, 0.05) is 12.2 Å². The van der Waals surface area contributed by atoms with Crippen molar-refractivity contribution >= 4 is 21.6 Å². The van der Waals surface area contributed by atoms with Crippen LogP contribution >= 0.6 is 0 Å². The Hall–Kier alpha value is -1.64. The zero-order valence-corrected chi connectivity index (χ0v) is 12.3. The third kappa shape index (κ3) is 4.48. The minimum atomic E-state index is -3.66. The van der Waals surface area contributed by atoms with Gasteiger partial charge in [-0.05, 0) is 37.1 Å². The Balaban J connectivity index is 2.72. The number of nitrogens with two attached hydrogens (primary N) is 2. The fourth-order valence-corrected chi connectivity index (χ4v) is 3.00. The average molecular weight is 301 g/mol. The maximum Gasteiger partial charge on any atom is 0.243 e. The van der Waals surface area contributed by atoms with E-state index in [4.69, 9.17) is 16.2 Å². The monoisotopic (exact) mass is 301 g/mol. The van der Waals surface area contributed by atoms with Gasteiger partial charge in [0.15, 0.2) is 0 Å². The third-order valence-electron chi connectivity index (χ3n) is 2.62. The summed E-state index contributed by atoms with van der Waals surface area (Å²) in [4.78, 5) is 10.6. The smallest absolute Gasteiger partial charge is 0.243 e. The molecule has 1 amide bonds. The maximum atomic E-state index is 12.1. The summed E-state index contributed by atoms with van der Waals surface area (Å²) < 4.78 is 31.5. The van der Waals surface area contributed by atoms with Gasteiger partial charge in [-0.2, -0.15) is 0 Å². The molecule has 112 valence electrons. The summed E-state index contributed by atoms with van der Waals surface area (Å²) in [5.41, 5.74) is 12.3. The van der Waals surface area contributed by atoms with Crippen LogP contribution in [-0.2, 0) is 19.6 Å². The SMILES string of the molecule is Cc1cc(N)c(C)c(S(=O)(=O)NCCOCC(N)=O)c1. The van der Waals surface area contributed by atoms with Crippen LogP contribution in [0.1, 0.15) is 11.1 Å². The summed E-state index contributed by atoms with van der Waals surface area (Å²) in [6.07, 6.45) is 0. The predicted octanol–water partition coefficient (Wildman–Crippen LogP) is -0.334. The van der Waals surface area contributed by atoms with Crippen LogP contribution < -0.4 is 16.2 Å². The molecule has 7 nitrogen and oxygen atoms in total. The predicted molar refractivity (Wildman–Crippen MR) is 75.5 cm³/mol. The molecule has 0 aliphatic carbocycles.